The maximum absolute atomic E-state index is 5.36. The third-order valence-electron chi connectivity index (χ3n) is 4.29. The van der Waals surface area contributed by atoms with Crippen molar-refractivity contribution in [2.24, 2.45) is 0 Å². The van der Waals surface area contributed by atoms with Crippen LogP contribution in [0.5, 0.6) is 0 Å². The number of rotatable bonds is 6. The minimum absolute atomic E-state index is 0.362. The molecular formula is C17H24N6O. The van der Waals surface area contributed by atoms with Crippen molar-refractivity contribution in [1.29, 1.82) is 0 Å². The van der Waals surface area contributed by atoms with Crippen molar-refractivity contribution in [2.75, 3.05) is 38.3 Å². The van der Waals surface area contributed by atoms with Gasteiger partial charge in [0.15, 0.2) is 0 Å². The lowest BCUT2D eigenvalue weighted by Crippen LogP contribution is -2.37. The van der Waals surface area contributed by atoms with Gasteiger partial charge in [-0.05, 0) is 14.0 Å². The SMILES string of the molecule is C[C@@H](Cc1cnccn1)N(C)Cc1cnc(N2CCOCC2)nc1. The highest BCUT2D eigenvalue weighted by Gasteiger charge is 2.15. The van der Waals surface area contributed by atoms with Gasteiger partial charge in [-0.15, -0.1) is 0 Å². The predicted octanol–water partition coefficient (Wildman–Crippen LogP) is 1.17. The average molecular weight is 328 g/mol. The maximum atomic E-state index is 5.36. The molecule has 1 saturated heterocycles. The number of hydrogen-bond acceptors (Lipinski definition) is 7. The topological polar surface area (TPSA) is 67.3 Å². The zero-order chi connectivity index (χ0) is 16.8. The van der Waals surface area contributed by atoms with Crippen LogP contribution in [0, 0.1) is 0 Å². The van der Waals surface area contributed by atoms with Gasteiger partial charge >= 0.3 is 0 Å². The van der Waals surface area contributed by atoms with Gasteiger partial charge in [-0.2, -0.15) is 0 Å². The summed E-state index contributed by atoms with van der Waals surface area (Å²) in [5.74, 6) is 0.789. The highest BCUT2D eigenvalue weighted by atomic mass is 16.5. The van der Waals surface area contributed by atoms with Gasteiger partial charge in [-0.3, -0.25) is 14.9 Å². The Kier molecular flexibility index (Phi) is 5.66. The lowest BCUT2D eigenvalue weighted by Gasteiger charge is -2.27. The molecule has 1 aliphatic heterocycles. The summed E-state index contributed by atoms with van der Waals surface area (Å²) >= 11 is 0. The van der Waals surface area contributed by atoms with Gasteiger partial charge in [-0.1, -0.05) is 0 Å². The van der Waals surface area contributed by atoms with Crippen LogP contribution in [0.2, 0.25) is 0 Å². The molecule has 1 atom stereocenters. The van der Waals surface area contributed by atoms with E-state index in [9.17, 15) is 0 Å². The minimum Gasteiger partial charge on any atom is -0.378 e. The summed E-state index contributed by atoms with van der Waals surface area (Å²) < 4.78 is 5.36. The fraction of sp³-hybridized carbons (Fsp3) is 0.529. The summed E-state index contributed by atoms with van der Waals surface area (Å²) in [5.41, 5.74) is 2.12. The number of nitrogens with zero attached hydrogens (tertiary/aromatic N) is 6. The van der Waals surface area contributed by atoms with E-state index in [1.165, 1.54) is 0 Å². The minimum atomic E-state index is 0.362. The van der Waals surface area contributed by atoms with Crippen LogP contribution in [0.25, 0.3) is 0 Å². The normalized spacial score (nSPS) is 16.4. The lowest BCUT2D eigenvalue weighted by molar-refractivity contribution is 0.122. The quantitative estimate of drug-likeness (QED) is 0.788. The van der Waals surface area contributed by atoms with E-state index < -0.39 is 0 Å². The Balaban J connectivity index is 1.54. The molecule has 0 bridgehead atoms. The molecule has 3 rings (SSSR count). The van der Waals surface area contributed by atoms with Crippen LogP contribution in [-0.4, -0.2) is 64.2 Å². The Labute approximate surface area is 142 Å². The van der Waals surface area contributed by atoms with Gasteiger partial charge in [0.05, 0.1) is 18.9 Å². The second-order valence-electron chi connectivity index (χ2n) is 6.16. The van der Waals surface area contributed by atoms with E-state index in [2.05, 4.69) is 43.7 Å². The number of hydrogen-bond donors (Lipinski definition) is 0. The molecule has 1 fully saturated rings. The highest BCUT2D eigenvalue weighted by Crippen LogP contribution is 2.12. The largest absolute Gasteiger partial charge is 0.378 e. The van der Waals surface area contributed by atoms with Crippen molar-refractivity contribution in [3.8, 4) is 0 Å². The van der Waals surface area contributed by atoms with Crippen molar-refractivity contribution in [3.63, 3.8) is 0 Å². The van der Waals surface area contributed by atoms with Crippen LogP contribution < -0.4 is 4.90 Å². The van der Waals surface area contributed by atoms with Crippen LogP contribution >= 0.6 is 0 Å². The molecule has 7 nitrogen and oxygen atoms in total. The van der Waals surface area contributed by atoms with Crippen molar-refractivity contribution in [3.05, 3.63) is 42.2 Å². The number of morpholine rings is 1. The molecular weight excluding hydrogens is 304 g/mol. The molecule has 0 radical (unpaired) electrons. The van der Waals surface area contributed by atoms with E-state index in [4.69, 9.17) is 4.74 Å². The molecule has 0 aliphatic carbocycles. The van der Waals surface area contributed by atoms with E-state index in [-0.39, 0.29) is 0 Å². The molecule has 0 saturated carbocycles. The number of likely N-dealkylation sites (N-methyl/N-ethyl adjacent to an activating group) is 1. The Bertz CT molecular complexity index is 615. The first kappa shape index (κ1) is 16.7. The second-order valence-corrected chi connectivity index (χ2v) is 6.16. The van der Waals surface area contributed by atoms with Crippen molar-refractivity contribution in [2.45, 2.75) is 25.9 Å². The molecule has 3 heterocycles. The highest BCUT2D eigenvalue weighted by molar-refractivity contribution is 5.30. The van der Waals surface area contributed by atoms with E-state index in [0.29, 0.717) is 6.04 Å². The van der Waals surface area contributed by atoms with Crippen LogP contribution in [0.15, 0.2) is 31.0 Å². The third kappa shape index (κ3) is 4.46. The van der Waals surface area contributed by atoms with E-state index >= 15 is 0 Å². The van der Waals surface area contributed by atoms with E-state index in [0.717, 1.165) is 56.5 Å². The fourth-order valence-corrected chi connectivity index (χ4v) is 2.69. The Morgan fingerprint density at radius 1 is 1.12 bits per heavy atom. The maximum Gasteiger partial charge on any atom is 0.225 e. The number of anilines is 1. The first-order valence-electron chi connectivity index (χ1n) is 8.31. The van der Waals surface area contributed by atoms with Crippen LogP contribution in [0.4, 0.5) is 5.95 Å². The zero-order valence-corrected chi connectivity index (χ0v) is 14.3. The lowest BCUT2D eigenvalue weighted by atomic mass is 10.1. The molecule has 0 N–H and O–H groups in total. The van der Waals surface area contributed by atoms with E-state index in [1.54, 1.807) is 12.4 Å². The Hall–Kier alpha value is -2.12. The summed E-state index contributed by atoms with van der Waals surface area (Å²) in [6, 6.07) is 0.362. The van der Waals surface area contributed by atoms with Gasteiger partial charge in [0.2, 0.25) is 5.95 Å². The summed E-state index contributed by atoms with van der Waals surface area (Å²) in [6.45, 7) is 6.20. The molecule has 2 aromatic rings. The first-order valence-corrected chi connectivity index (χ1v) is 8.31. The monoisotopic (exact) mass is 328 g/mol. The second kappa shape index (κ2) is 8.12. The molecule has 24 heavy (non-hydrogen) atoms. The summed E-state index contributed by atoms with van der Waals surface area (Å²) in [4.78, 5) is 21.9. The van der Waals surface area contributed by atoms with Crippen LogP contribution in [-0.2, 0) is 17.7 Å². The van der Waals surface area contributed by atoms with Gasteiger partial charge in [0, 0.05) is 68.6 Å². The van der Waals surface area contributed by atoms with Crippen molar-refractivity contribution >= 4 is 5.95 Å². The van der Waals surface area contributed by atoms with Gasteiger partial charge in [-0.25, -0.2) is 9.97 Å². The zero-order valence-electron chi connectivity index (χ0n) is 14.3. The first-order chi connectivity index (χ1) is 11.7. The molecule has 7 heteroatoms. The molecule has 0 aromatic carbocycles. The average Bonchev–Trinajstić information content (AvgIpc) is 2.64. The molecule has 0 unspecified atom stereocenters. The van der Waals surface area contributed by atoms with Gasteiger partial charge in [0.1, 0.15) is 0 Å². The van der Waals surface area contributed by atoms with Crippen molar-refractivity contribution < 1.29 is 4.74 Å². The number of aromatic nitrogens is 4. The van der Waals surface area contributed by atoms with E-state index in [1.807, 2.05) is 18.6 Å². The molecule has 2 aromatic heterocycles. The molecule has 0 spiro atoms. The Morgan fingerprint density at radius 2 is 1.88 bits per heavy atom. The van der Waals surface area contributed by atoms with Gasteiger partial charge < -0.3 is 9.64 Å². The summed E-state index contributed by atoms with van der Waals surface area (Å²) in [6.07, 6.45) is 9.97. The molecule has 1 aliphatic rings. The van der Waals surface area contributed by atoms with Crippen LogP contribution in [0.3, 0.4) is 0 Å². The summed E-state index contributed by atoms with van der Waals surface area (Å²) in [5, 5.41) is 0. The smallest absolute Gasteiger partial charge is 0.225 e. The predicted molar refractivity (Wildman–Crippen MR) is 91.7 cm³/mol. The van der Waals surface area contributed by atoms with Gasteiger partial charge in [0.25, 0.3) is 0 Å². The van der Waals surface area contributed by atoms with Crippen LogP contribution in [0.1, 0.15) is 18.2 Å². The molecule has 128 valence electrons. The molecule has 0 amide bonds. The standard InChI is InChI=1S/C17H24N6O/c1-14(9-16-12-18-3-4-19-16)22(2)13-15-10-20-17(21-11-15)23-5-7-24-8-6-23/h3-4,10-12,14H,5-9,13H2,1-2H3/t14-/m0/s1. The Morgan fingerprint density at radius 3 is 2.54 bits per heavy atom. The fourth-order valence-electron chi connectivity index (χ4n) is 2.69. The number of ether oxygens (including phenoxy) is 1. The summed E-state index contributed by atoms with van der Waals surface area (Å²) in [7, 11) is 2.11. The third-order valence-corrected chi connectivity index (χ3v) is 4.29. The van der Waals surface area contributed by atoms with Crippen molar-refractivity contribution in [1.82, 2.24) is 24.8 Å².